The molecule has 0 saturated heterocycles. The number of hydrogen-bond acceptors (Lipinski definition) is 3. The third-order valence-corrected chi connectivity index (χ3v) is 4.95. The Morgan fingerprint density at radius 2 is 1.65 bits per heavy atom. The van der Waals surface area contributed by atoms with E-state index in [1.807, 2.05) is 25.1 Å². The highest BCUT2D eigenvalue weighted by Crippen LogP contribution is 2.15. The lowest BCUT2D eigenvalue weighted by Gasteiger charge is -2.08. The molecule has 0 unspecified atom stereocenters. The van der Waals surface area contributed by atoms with Crippen molar-refractivity contribution < 1.29 is 13.2 Å². The van der Waals surface area contributed by atoms with Crippen LogP contribution in [0.25, 0.3) is 0 Å². The van der Waals surface area contributed by atoms with E-state index in [0.29, 0.717) is 18.9 Å². The molecule has 0 aliphatic heterocycles. The summed E-state index contributed by atoms with van der Waals surface area (Å²) in [4.78, 5) is 0.268. The molecule has 0 heterocycles. The van der Waals surface area contributed by atoms with E-state index in [1.54, 1.807) is 24.3 Å². The third-order valence-electron chi connectivity index (χ3n) is 3.47. The maximum absolute atomic E-state index is 12.2. The monoisotopic (exact) mass is 333 g/mol. The van der Waals surface area contributed by atoms with Crippen LogP contribution in [0, 0.1) is 0 Å². The summed E-state index contributed by atoms with van der Waals surface area (Å²) in [6, 6.07) is 16.7. The average Bonchev–Trinajstić information content (AvgIpc) is 2.56. The fraction of sp³-hybridized carbons (Fsp3) is 0.333. The van der Waals surface area contributed by atoms with Crippen molar-refractivity contribution in [3.05, 3.63) is 60.2 Å². The first-order chi connectivity index (χ1) is 11.1. The van der Waals surface area contributed by atoms with Gasteiger partial charge in [0.1, 0.15) is 5.75 Å². The van der Waals surface area contributed by atoms with E-state index >= 15 is 0 Å². The molecule has 124 valence electrons. The fourth-order valence-electron chi connectivity index (χ4n) is 2.27. The van der Waals surface area contributed by atoms with Crippen LogP contribution in [-0.2, 0) is 16.4 Å². The molecule has 1 N–H and O–H groups in total. The highest BCUT2D eigenvalue weighted by Gasteiger charge is 2.12. The number of aryl methyl sites for hydroxylation is 1. The standard InChI is InChI=1S/C18H23NO3S/c1-2-22-17-11-13-18(14-12-17)23(20,21)19-15-7-6-10-16-8-4-3-5-9-16/h3-5,8-9,11-14,19H,2,6-7,10,15H2,1H3. The molecule has 2 aromatic carbocycles. The van der Waals surface area contributed by atoms with Crippen LogP contribution < -0.4 is 9.46 Å². The highest BCUT2D eigenvalue weighted by atomic mass is 32.2. The van der Waals surface area contributed by atoms with Crippen LogP contribution in [-0.4, -0.2) is 21.6 Å². The first-order valence-corrected chi connectivity index (χ1v) is 9.36. The van der Waals surface area contributed by atoms with Gasteiger partial charge in [0, 0.05) is 6.54 Å². The average molecular weight is 333 g/mol. The largest absolute Gasteiger partial charge is 0.494 e. The zero-order valence-corrected chi connectivity index (χ0v) is 14.2. The predicted octanol–water partition coefficient (Wildman–Crippen LogP) is 3.39. The molecule has 0 saturated carbocycles. The van der Waals surface area contributed by atoms with E-state index < -0.39 is 10.0 Å². The number of benzene rings is 2. The summed E-state index contributed by atoms with van der Waals surface area (Å²) in [6.45, 7) is 2.90. The lowest BCUT2D eigenvalue weighted by molar-refractivity contribution is 0.340. The molecule has 0 spiro atoms. The minimum atomic E-state index is -3.44. The summed E-state index contributed by atoms with van der Waals surface area (Å²) in [5, 5.41) is 0. The summed E-state index contributed by atoms with van der Waals surface area (Å²) in [6.07, 6.45) is 2.73. The zero-order valence-electron chi connectivity index (χ0n) is 13.4. The van der Waals surface area contributed by atoms with Crippen LogP contribution in [0.1, 0.15) is 25.3 Å². The van der Waals surface area contributed by atoms with Gasteiger partial charge in [-0.2, -0.15) is 0 Å². The van der Waals surface area contributed by atoms with E-state index in [4.69, 9.17) is 4.74 Å². The highest BCUT2D eigenvalue weighted by molar-refractivity contribution is 7.89. The zero-order chi connectivity index (χ0) is 16.5. The van der Waals surface area contributed by atoms with Crippen LogP contribution in [0.4, 0.5) is 0 Å². The molecule has 0 aromatic heterocycles. The molecule has 2 aromatic rings. The van der Waals surface area contributed by atoms with Gasteiger partial charge in [-0.05, 0) is 56.0 Å². The maximum Gasteiger partial charge on any atom is 0.240 e. The lowest BCUT2D eigenvalue weighted by Crippen LogP contribution is -2.24. The van der Waals surface area contributed by atoms with Crippen molar-refractivity contribution in [3.8, 4) is 5.75 Å². The minimum Gasteiger partial charge on any atom is -0.494 e. The molecule has 0 fully saturated rings. The van der Waals surface area contributed by atoms with Crippen LogP contribution in [0.5, 0.6) is 5.75 Å². The molecular weight excluding hydrogens is 310 g/mol. The summed E-state index contributed by atoms with van der Waals surface area (Å²) in [5.74, 6) is 0.675. The van der Waals surface area contributed by atoms with Gasteiger partial charge in [-0.3, -0.25) is 0 Å². The quantitative estimate of drug-likeness (QED) is 0.716. The molecule has 2 rings (SSSR count). The maximum atomic E-state index is 12.2. The van der Waals surface area contributed by atoms with Crippen molar-refractivity contribution in [3.63, 3.8) is 0 Å². The lowest BCUT2D eigenvalue weighted by atomic mass is 10.1. The van der Waals surface area contributed by atoms with E-state index in [0.717, 1.165) is 19.3 Å². The van der Waals surface area contributed by atoms with Gasteiger partial charge in [-0.25, -0.2) is 13.1 Å². The Morgan fingerprint density at radius 1 is 0.957 bits per heavy atom. The number of hydrogen-bond donors (Lipinski definition) is 1. The fourth-order valence-corrected chi connectivity index (χ4v) is 3.34. The van der Waals surface area contributed by atoms with Crippen LogP contribution in [0.15, 0.2) is 59.5 Å². The Kier molecular flexibility index (Phi) is 6.62. The number of ether oxygens (including phenoxy) is 1. The number of sulfonamides is 1. The van der Waals surface area contributed by atoms with E-state index in [2.05, 4.69) is 16.9 Å². The number of rotatable bonds is 9. The Bertz CT molecular complexity index is 682. The molecule has 0 radical (unpaired) electrons. The first kappa shape index (κ1) is 17.5. The molecule has 0 amide bonds. The van der Waals surface area contributed by atoms with Crippen molar-refractivity contribution in [2.45, 2.75) is 31.1 Å². The van der Waals surface area contributed by atoms with Crippen LogP contribution in [0.3, 0.4) is 0 Å². The predicted molar refractivity (Wildman–Crippen MR) is 92.2 cm³/mol. The summed E-state index contributed by atoms with van der Waals surface area (Å²) >= 11 is 0. The Morgan fingerprint density at radius 3 is 2.30 bits per heavy atom. The summed E-state index contributed by atoms with van der Waals surface area (Å²) < 4.78 is 32.3. The molecule has 5 heteroatoms. The van der Waals surface area contributed by atoms with Crippen LogP contribution >= 0.6 is 0 Å². The SMILES string of the molecule is CCOc1ccc(S(=O)(=O)NCCCCc2ccccc2)cc1. The summed E-state index contributed by atoms with van der Waals surface area (Å²) in [7, 11) is -3.44. The van der Waals surface area contributed by atoms with Gasteiger partial charge in [-0.1, -0.05) is 30.3 Å². The third kappa shape index (κ3) is 5.69. The number of nitrogens with one attached hydrogen (secondary N) is 1. The minimum absolute atomic E-state index is 0.268. The topological polar surface area (TPSA) is 55.4 Å². The molecule has 0 aliphatic carbocycles. The molecule has 0 atom stereocenters. The Hall–Kier alpha value is -1.85. The Labute approximate surface area is 138 Å². The van der Waals surface area contributed by atoms with Gasteiger partial charge in [-0.15, -0.1) is 0 Å². The normalized spacial score (nSPS) is 11.3. The van der Waals surface area contributed by atoms with Crippen molar-refractivity contribution in [1.29, 1.82) is 0 Å². The van der Waals surface area contributed by atoms with Gasteiger partial charge in [0.25, 0.3) is 0 Å². The number of unbranched alkanes of at least 4 members (excludes halogenated alkanes) is 1. The Balaban J connectivity index is 1.77. The molecule has 23 heavy (non-hydrogen) atoms. The van der Waals surface area contributed by atoms with E-state index in [-0.39, 0.29) is 4.90 Å². The van der Waals surface area contributed by atoms with Gasteiger partial charge < -0.3 is 4.74 Å². The van der Waals surface area contributed by atoms with Gasteiger partial charge in [0.2, 0.25) is 10.0 Å². The summed E-state index contributed by atoms with van der Waals surface area (Å²) in [5.41, 5.74) is 1.28. The van der Waals surface area contributed by atoms with Crippen LogP contribution in [0.2, 0.25) is 0 Å². The van der Waals surface area contributed by atoms with Gasteiger partial charge in [0.05, 0.1) is 11.5 Å². The van der Waals surface area contributed by atoms with E-state index in [1.165, 1.54) is 5.56 Å². The van der Waals surface area contributed by atoms with Crippen molar-refractivity contribution in [2.24, 2.45) is 0 Å². The molecule has 0 aliphatic rings. The molecule has 0 bridgehead atoms. The molecule has 4 nitrogen and oxygen atoms in total. The smallest absolute Gasteiger partial charge is 0.240 e. The molecular formula is C18H23NO3S. The van der Waals surface area contributed by atoms with E-state index in [9.17, 15) is 8.42 Å². The van der Waals surface area contributed by atoms with Gasteiger partial charge in [0.15, 0.2) is 0 Å². The second kappa shape index (κ2) is 8.70. The van der Waals surface area contributed by atoms with Gasteiger partial charge >= 0.3 is 0 Å². The van der Waals surface area contributed by atoms with Crippen molar-refractivity contribution >= 4 is 10.0 Å². The first-order valence-electron chi connectivity index (χ1n) is 7.88. The van der Waals surface area contributed by atoms with Crippen molar-refractivity contribution in [1.82, 2.24) is 4.72 Å². The van der Waals surface area contributed by atoms with Crippen molar-refractivity contribution in [2.75, 3.05) is 13.2 Å². The second-order valence-electron chi connectivity index (χ2n) is 5.24. The second-order valence-corrected chi connectivity index (χ2v) is 7.01.